The van der Waals surface area contributed by atoms with Crippen LogP contribution in [0.4, 0.5) is 4.79 Å². The van der Waals surface area contributed by atoms with Crippen LogP contribution in [-0.4, -0.2) is 45.4 Å². The molecule has 1 fully saturated rings. The second kappa shape index (κ2) is 5.31. The number of thiophene rings is 1. The van der Waals surface area contributed by atoms with Gasteiger partial charge in [0.2, 0.25) is 0 Å². The molecule has 2 rings (SSSR count). The standard InChI is InChI=1S/C14H19NO5S/c1-13(2,3)20-12(18)15-8-14(19,7-9(15)11(16)17)10-5-4-6-21-10/h4-6,9,19H,7-8H2,1-3H3,(H,16,17)/t9-,14-/m1/s1. The zero-order valence-corrected chi connectivity index (χ0v) is 13.0. The first-order valence-corrected chi connectivity index (χ1v) is 7.49. The molecule has 7 heteroatoms. The van der Waals surface area contributed by atoms with Crippen molar-refractivity contribution >= 4 is 23.4 Å². The lowest BCUT2D eigenvalue weighted by Crippen LogP contribution is -2.43. The van der Waals surface area contributed by atoms with Gasteiger partial charge in [-0.05, 0) is 32.2 Å². The topological polar surface area (TPSA) is 87.1 Å². The van der Waals surface area contributed by atoms with E-state index in [4.69, 9.17) is 4.74 Å². The van der Waals surface area contributed by atoms with E-state index in [1.165, 1.54) is 11.3 Å². The number of aliphatic hydroxyl groups is 1. The molecule has 1 aliphatic rings. The summed E-state index contributed by atoms with van der Waals surface area (Å²) in [5.74, 6) is -1.15. The molecule has 0 spiro atoms. The van der Waals surface area contributed by atoms with Gasteiger partial charge in [0.1, 0.15) is 17.2 Å². The van der Waals surface area contributed by atoms with Crippen LogP contribution in [0.3, 0.4) is 0 Å². The molecule has 21 heavy (non-hydrogen) atoms. The maximum absolute atomic E-state index is 12.2. The number of carboxylic acids is 1. The van der Waals surface area contributed by atoms with Gasteiger partial charge >= 0.3 is 12.1 Å². The number of hydrogen-bond donors (Lipinski definition) is 2. The lowest BCUT2D eigenvalue weighted by Gasteiger charge is -2.27. The Labute approximate surface area is 127 Å². The normalized spacial score (nSPS) is 25.9. The fourth-order valence-electron chi connectivity index (χ4n) is 2.34. The summed E-state index contributed by atoms with van der Waals surface area (Å²) in [7, 11) is 0. The predicted molar refractivity (Wildman–Crippen MR) is 77.2 cm³/mol. The van der Waals surface area contributed by atoms with Gasteiger partial charge in [0, 0.05) is 11.3 Å². The van der Waals surface area contributed by atoms with Crippen molar-refractivity contribution < 1.29 is 24.5 Å². The summed E-state index contributed by atoms with van der Waals surface area (Å²) in [5, 5.41) is 21.8. The zero-order valence-electron chi connectivity index (χ0n) is 12.2. The van der Waals surface area contributed by atoms with Crippen LogP contribution in [-0.2, 0) is 15.1 Å². The highest BCUT2D eigenvalue weighted by Crippen LogP contribution is 2.38. The quantitative estimate of drug-likeness (QED) is 0.872. The van der Waals surface area contributed by atoms with Gasteiger partial charge in [0.15, 0.2) is 0 Å². The van der Waals surface area contributed by atoms with Crippen LogP contribution in [0.15, 0.2) is 17.5 Å². The third-order valence-electron chi connectivity index (χ3n) is 3.23. The number of hydrogen-bond acceptors (Lipinski definition) is 5. The lowest BCUT2D eigenvalue weighted by molar-refractivity contribution is -0.142. The molecule has 2 heterocycles. The molecule has 2 N–H and O–H groups in total. The minimum absolute atomic E-state index is 0.0396. The van der Waals surface area contributed by atoms with E-state index < -0.39 is 29.3 Å². The summed E-state index contributed by atoms with van der Waals surface area (Å²) in [6.07, 6.45) is -0.760. The van der Waals surface area contributed by atoms with Crippen LogP contribution >= 0.6 is 11.3 Å². The Bertz CT molecular complexity index is 536. The summed E-state index contributed by atoms with van der Waals surface area (Å²) in [4.78, 5) is 25.3. The number of ether oxygens (including phenoxy) is 1. The molecule has 2 atom stereocenters. The first kappa shape index (κ1) is 15.8. The summed E-state index contributed by atoms with van der Waals surface area (Å²) >= 11 is 1.34. The number of nitrogens with zero attached hydrogens (tertiary/aromatic N) is 1. The van der Waals surface area contributed by atoms with Crippen molar-refractivity contribution in [2.75, 3.05) is 6.54 Å². The van der Waals surface area contributed by atoms with E-state index in [9.17, 15) is 19.8 Å². The highest BCUT2D eigenvalue weighted by molar-refractivity contribution is 7.10. The summed E-state index contributed by atoms with van der Waals surface area (Å²) in [6, 6.07) is 2.43. The minimum Gasteiger partial charge on any atom is -0.480 e. The molecule has 0 aromatic carbocycles. The number of β-amino-alcohol motifs (C(OH)–C–C–N with tert-alkyl or cyclic N) is 1. The van der Waals surface area contributed by atoms with Crippen LogP contribution in [0.1, 0.15) is 32.1 Å². The number of aliphatic carboxylic acids is 1. The van der Waals surface area contributed by atoms with Crippen molar-refractivity contribution in [3.63, 3.8) is 0 Å². The first-order valence-electron chi connectivity index (χ1n) is 6.61. The molecule has 116 valence electrons. The first-order chi connectivity index (χ1) is 9.62. The van der Waals surface area contributed by atoms with E-state index in [-0.39, 0.29) is 13.0 Å². The molecular weight excluding hydrogens is 294 g/mol. The van der Waals surface area contributed by atoms with Gasteiger partial charge in [-0.1, -0.05) is 6.07 Å². The average molecular weight is 313 g/mol. The van der Waals surface area contributed by atoms with E-state index in [0.717, 1.165) is 4.90 Å². The molecule has 1 aromatic rings. The van der Waals surface area contributed by atoms with Crippen molar-refractivity contribution in [3.05, 3.63) is 22.4 Å². The molecule has 6 nitrogen and oxygen atoms in total. The van der Waals surface area contributed by atoms with Crippen molar-refractivity contribution in [3.8, 4) is 0 Å². The van der Waals surface area contributed by atoms with Crippen LogP contribution in [0, 0.1) is 0 Å². The molecule has 1 aliphatic heterocycles. The number of carbonyl (C=O) groups excluding carboxylic acids is 1. The molecule has 0 bridgehead atoms. The number of likely N-dealkylation sites (tertiary alicyclic amines) is 1. The predicted octanol–water partition coefficient (Wildman–Crippen LogP) is 2.03. The molecule has 0 unspecified atom stereocenters. The van der Waals surface area contributed by atoms with Crippen LogP contribution in [0.2, 0.25) is 0 Å². The molecule has 1 amide bonds. The van der Waals surface area contributed by atoms with Gasteiger partial charge in [-0.15, -0.1) is 11.3 Å². The van der Waals surface area contributed by atoms with Gasteiger partial charge in [-0.25, -0.2) is 9.59 Å². The van der Waals surface area contributed by atoms with Gasteiger partial charge in [0.25, 0.3) is 0 Å². The Kier molecular flexibility index (Phi) is 3.99. The number of carboxylic acid groups (broad SMARTS) is 1. The third-order valence-corrected chi connectivity index (χ3v) is 4.30. The Balaban J connectivity index is 2.24. The van der Waals surface area contributed by atoms with Crippen molar-refractivity contribution in [1.29, 1.82) is 0 Å². The highest BCUT2D eigenvalue weighted by Gasteiger charge is 2.50. The number of rotatable bonds is 2. The Morgan fingerprint density at radius 1 is 1.48 bits per heavy atom. The van der Waals surface area contributed by atoms with E-state index in [2.05, 4.69) is 0 Å². The summed E-state index contributed by atoms with van der Waals surface area (Å²) in [6.45, 7) is 5.05. The molecule has 1 saturated heterocycles. The fourth-order valence-corrected chi connectivity index (χ4v) is 3.17. The Morgan fingerprint density at radius 3 is 2.62 bits per heavy atom. The highest BCUT2D eigenvalue weighted by atomic mass is 32.1. The molecular formula is C14H19NO5S. The van der Waals surface area contributed by atoms with Crippen LogP contribution in [0.25, 0.3) is 0 Å². The summed E-state index contributed by atoms with van der Waals surface area (Å²) in [5.41, 5.74) is -2.06. The van der Waals surface area contributed by atoms with Gasteiger partial charge < -0.3 is 14.9 Å². The lowest BCUT2D eigenvalue weighted by atomic mass is 9.98. The molecule has 1 aromatic heterocycles. The third kappa shape index (κ3) is 3.36. The van der Waals surface area contributed by atoms with E-state index in [0.29, 0.717) is 4.88 Å². The van der Waals surface area contributed by atoms with Gasteiger partial charge in [-0.2, -0.15) is 0 Å². The van der Waals surface area contributed by atoms with Gasteiger partial charge in [0.05, 0.1) is 6.54 Å². The maximum atomic E-state index is 12.2. The largest absolute Gasteiger partial charge is 0.480 e. The van der Waals surface area contributed by atoms with E-state index in [1.807, 2.05) is 0 Å². The van der Waals surface area contributed by atoms with Crippen molar-refractivity contribution in [2.24, 2.45) is 0 Å². The summed E-state index contributed by atoms with van der Waals surface area (Å²) < 4.78 is 5.23. The minimum atomic E-state index is -1.34. The second-order valence-corrected chi connectivity index (χ2v) is 7.12. The SMILES string of the molecule is CC(C)(C)OC(=O)N1C[C@@](O)(c2cccs2)C[C@@H]1C(=O)O. The molecule has 0 radical (unpaired) electrons. The van der Waals surface area contributed by atoms with E-state index >= 15 is 0 Å². The maximum Gasteiger partial charge on any atom is 0.411 e. The average Bonchev–Trinajstić information content (AvgIpc) is 2.93. The molecule has 0 saturated carbocycles. The Morgan fingerprint density at radius 2 is 2.14 bits per heavy atom. The zero-order chi connectivity index (χ0) is 15.8. The fraction of sp³-hybridized carbons (Fsp3) is 0.571. The van der Waals surface area contributed by atoms with Crippen LogP contribution in [0.5, 0.6) is 0 Å². The smallest absolute Gasteiger partial charge is 0.411 e. The number of carbonyl (C=O) groups is 2. The molecule has 0 aliphatic carbocycles. The van der Waals surface area contributed by atoms with E-state index in [1.54, 1.807) is 38.3 Å². The monoisotopic (exact) mass is 313 g/mol. The van der Waals surface area contributed by atoms with Crippen LogP contribution < -0.4 is 0 Å². The number of amides is 1. The Hall–Kier alpha value is -1.60. The van der Waals surface area contributed by atoms with Crippen molar-refractivity contribution in [1.82, 2.24) is 4.90 Å². The van der Waals surface area contributed by atoms with Gasteiger partial charge in [-0.3, -0.25) is 4.90 Å². The second-order valence-electron chi connectivity index (χ2n) is 6.18. The van der Waals surface area contributed by atoms with Crippen molar-refractivity contribution in [2.45, 2.75) is 44.4 Å².